The summed E-state index contributed by atoms with van der Waals surface area (Å²) in [7, 11) is -0.328. The fraction of sp³-hybridized carbons (Fsp3) is 0.417. The number of nitrogens with zero attached hydrogens (tertiary/aromatic N) is 1. The Morgan fingerprint density at radius 2 is 1.95 bits per heavy atom. The number of likely N-dealkylation sites (N-methyl/N-ethyl adjacent to an activating group) is 1. The highest BCUT2D eigenvalue weighted by atomic mass is 35.5. The molecule has 1 rings (SSSR count). The van der Waals surface area contributed by atoms with E-state index in [4.69, 9.17) is 28.3 Å². The van der Waals surface area contributed by atoms with Crippen LogP contribution in [-0.2, 0) is 10.0 Å². The molecule has 0 aliphatic rings. The zero-order valence-electron chi connectivity index (χ0n) is 11.7. The lowest BCUT2D eigenvalue weighted by Gasteiger charge is -2.20. The molecule has 1 aromatic carbocycles. The fourth-order valence-electron chi connectivity index (χ4n) is 1.41. The number of rotatable bonds is 6. The molecule has 2 N–H and O–H groups in total. The lowest BCUT2D eigenvalue weighted by Crippen LogP contribution is -2.38. The quantitative estimate of drug-likeness (QED) is 0.814. The van der Waals surface area contributed by atoms with Gasteiger partial charge in [0, 0.05) is 17.6 Å². The molecule has 0 radical (unpaired) electrons. The monoisotopic (exact) mass is 354 g/mol. The SMILES string of the molecule is CC(CNS(=O)(=O)c1cc(Cl)cc(C(=O)O)c1Cl)N(C)C. The number of benzene rings is 1. The summed E-state index contributed by atoms with van der Waals surface area (Å²) in [6.07, 6.45) is 0. The van der Waals surface area contributed by atoms with Crippen LogP contribution < -0.4 is 4.72 Å². The minimum atomic E-state index is -3.95. The summed E-state index contributed by atoms with van der Waals surface area (Å²) >= 11 is 11.6. The van der Waals surface area contributed by atoms with E-state index in [9.17, 15) is 13.2 Å². The molecule has 0 spiro atoms. The molecule has 0 saturated heterocycles. The Labute approximate surface area is 133 Å². The van der Waals surface area contributed by atoms with Crippen LogP contribution in [0.25, 0.3) is 0 Å². The molecule has 21 heavy (non-hydrogen) atoms. The maximum atomic E-state index is 12.2. The minimum Gasteiger partial charge on any atom is -0.478 e. The van der Waals surface area contributed by atoms with Crippen LogP contribution in [0, 0.1) is 0 Å². The van der Waals surface area contributed by atoms with Gasteiger partial charge in [-0.3, -0.25) is 0 Å². The summed E-state index contributed by atoms with van der Waals surface area (Å²) in [5.74, 6) is -1.35. The van der Waals surface area contributed by atoms with Crippen molar-refractivity contribution in [1.29, 1.82) is 0 Å². The first-order valence-electron chi connectivity index (χ1n) is 5.94. The molecular weight excluding hydrogens is 339 g/mol. The summed E-state index contributed by atoms with van der Waals surface area (Å²) < 4.78 is 26.9. The average molecular weight is 355 g/mol. The number of carboxylic acid groups (broad SMARTS) is 1. The maximum absolute atomic E-state index is 12.2. The summed E-state index contributed by atoms with van der Waals surface area (Å²) in [5.41, 5.74) is -0.356. The molecule has 0 fully saturated rings. The average Bonchev–Trinajstić information content (AvgIpc) is 2.37. The number of hydrogen-bond donors (Lipinski definition) is 2. The smallest absolute Gasteiger partial charge is 0.337 e. The van der Waals surface area contributed by atoms with Crippen molar-refractivity contribution >= 4 is 39.2 Å². The number of halogens is 2. The third kappa shape index (κ3) is 4.55. The van der Waals surface area contributed by atoms with E-state index < -0.39 is 16.0 Å². The van der Waals surface area contributed by atoms with Crippen LogP contribution in [-0.4, -0.2) is 51.1 Å². The molecule has 0 aromatic heterocycles. The standard InChI is InChI=1S/C12H16Cl2N2O4S/c1-7(16(2)3)6-15-21(19,20)10-5-8(13)4-9(11(10)14)12(17)18/h4-5,7,15H,6H2,1-3H3,(H,17,18). The molecule has 0 saturated carbocycles. The van der Waals surface area contributed by atoms with E-state index in [0.717, 1.165) is 12.1 Å². The van der Waals surface area contributed by atoms with Gasteiger partial charge in [-0.05, 0) is 33.2 Å². The molecule has 6 nitrogen and oxygen atoms in total. The van der Waals surface area contributed by atoms with Crippen molar-refractivity contribution < 1.29 is 18.3 Å². The van der Waals surface area contributed by atoms with Crippen LogP contribution in [0.2, 0.25) is 10.0 Å². The number of hydrogen-bond acceptors (Lipinski definition) is 4. The van der Waals surface area contributed by atoms with Crippen LogP contribution in [0.4, 0.5) is 0 Å². The van der Waals surface area contributed by atoms with E-state index in [1.807, 2.05) is 25.9 Å². The van der Waals surface area contributed by atoms with Gasteiger partial charge in [-0.2, -0.15) is 0 Å². The highest BCUT2D eigenvalue weighted by molar-refractivity contribution is 7.89. The number of nitrogens with one attached hydrogen (secondary N) is 1. The Kier molecular flexibility index (Phi) is 6.01. The first-order chi connectivity index (χ1) is 9.56. The van der Waals surface area contributed by atoms with Gasteiger partial charge in [-0.1, -0.05) is 23.2 Å². The third-order valence-corrected chi connectivity index (χ3v) is 5.16. The van der Waals surface area contributed by atoms with E-state index in [0.29, 0.717) is 0 Å². The van der Waals surface area contributed by atoms with Crippen molar-refractivity contribution in [3.63, 3.8) is 0 Å². The molecule has 0 aliphatic carbocycles. The lowest BCUT2D eigenvalue weighted by molar-refractivity contribution is 0.0697. The fourth-order valence-corrected chi connectivity index (χ4v) is 3.43. The topological polar surface area (TPSA) is 86.7 Å². The Hall–Kier alpha value is -0.860. The summed E-state index contributed by atoms with van der Waals surface area (Å²) in [5, 5.41) is 8.63. The molecule has 118 valence electrons. The van der Waals surface area contributed by atoms with Crippen LogP contribution in [0.15, 0.2) is 17.0 Å². The predicted molar refractivity (Wildman–Crippen MR) is 81.8 cm³/mol. The van der Waals surface area contributed by atoms with Crippen molar-refractivity contribution in [2.75, 3.05) is 20.6 Å². The van der Waals surface area contributed by atoms with Crippen LogP contribution in [0.5, 0.6) is 0 Å². The molecule has 1 unspecified atom stereocenters. The number of carbonyl (C=O) groups is 1. The number of carboxylic acids is 1. The molecule has 0 heterocycles. The normalized spacial score (nSPS) is 13.4. The van der Waals surface area contributed by atoms with E-state index in [1.54, 1.807) is 0 Å². The van der Waals surface area contributed by atoms with Crippen molar-refractivity contribution in [3.8, 4) is 0 Å². The minimum absolute atomic E-state index is 0.0159. The van der Waals surface area contributed by atoms with Gasteiger partial charge in [-0.25, -0.2) is 17.9 Å². The van der Waals surface area contributed by atoms with E-state index in [-0.39, 0.29) is 33.1 Å². The Bertz CT molecular complexity index is 647. The van der Waals surface area contributed by atoms with Gasteiger partial charge in [0.05, 0.1) is 10.6 Å². The molecule has 0 bridgehead atoms. The number of sulfonamides is 1. The van der Waals surface area contributed by atoms with Crippen LogP contribution >= 0.6 is 23.2 Å². The molecule has 9 heteroatoms. The first kappa shape index (κ1) is 18.2. The zero-order chi connectivity index (χ0) is 16.4. The number of aromatic carboxylic acids is 1. The molecule has 1 aromatic rings. The van der Waals surface area contributed by atoms with Crippen molar-refractivity contribution in [3.05, 3.63) is 27.7 Å². The summed E-state index contributed by atoms with van der Waals surface area (Å²) in [4.78, 5) is 12.5. The van der Waals surface area contributed by atoms with E-state index in [2.05, 4.69) is 4.72 Å². The Balaban J connectivity index is 3.17. The predicted octanol–water partition coefficient (Wildman–Crippen LogP) is 1.92. The van der Waals surface area contributed by atoms with Gasteiger partial charge < -0.3 is 10.0 Å². The Morgan fingerprint density at radius 3 is 2.43 bits per heavy atom. The largest absolute Gasteiger partial charge is 0.478 e. The molecule has 0 amide bonds. The highest BCUT2D eigenvalue weighted by Gasteiger charge is 2.24. The van der Waals surface area contributed by atoms with E-state index in [1.165, 1.54) is 0 Å². The second kappa shape index (κ2) is 6.93. The first-order valence-corrected chi connectivity index (χ1v) is 8.18. The maximum Gasteiger partial charge on any atom is 0.337 e. The molecular formula is C12H16Cl2N2O4S. The van der Waals surface area contributed by atoms with Crippen molar-refractivity contribution in [2.45, 2.75) is 17.9 Å². The zero-order valence-corrected chi connectivity index (χ0v) is 14.1. The van der Waals surface area contributed by atoms with E-state index >= 15 is 0 Å². The van der Waals surface area contributed by atoms with Gasteiger partial charge in [0.1, 0.15) is 4.90 Å². The van der Waals surface area contributed by atoms with Crippen LogP contribution in [0.1, 0.15) is 17.3 Å². The summed E-state index contributed by atoms with van der Waals surface area (Å²) in [6.45, 7) is 1.99. The second-order valence-electron chi connectivity index (χ2n) is 4.74. The summed E-state index contributed by atoms with van der Waals surface area (Å²) in [6, 6.07) is 2.18. The van der Waals surface area contributed by atoms with Crippen molar-refractivity contribution in [1.82, 2.24) is 9.62 Å². The third-order valence-electron chi connectivity index (χ3n) is 2.97. The second-order valence-corrected chi connectivity index (χ2v) is 7.28. The highest BCUT2D eigenvalue weighted by Crippen LogP contribution is 2.29. The van der Waals surface area contributed by atoms with Gasteiger partial charge in [0.25, 0.3) is 0 Å². The van der Waals surface area contributed by atoms with Gasteiger partial charge >= 0.3 is 5.97 Å². The van der Waals surface area contributed by atoms with Gasteiger partial charge in [0.2, 0.25) is 10.0 Å². The van der Waals surface area contributed by atoms with Crippen LogP contribution in [0.3, 0.4) is 0 Å². The molecule has 1 atom stereocenters. The van der Waals surface area contributed by atoms with Gasteiger partial charge in [0.15, 0.2) is 0 Å². The molecule has 0 aliphatic heterocycles. The van der Waals surface area contributed by atoms with Gasteiger partial charge in [-0.15, -0.1) is 0 Å². The lowest BCUT2D eigenvalue weighted by atomic mass is 10.2. The van der Waals surface area contributed by atoms with Crippen molar-refractivity contribution in [2.24, 2.45) is 0 Å². The Morgan fingerprint density at radius 1 is 1.38 bits per heavy atom.